The van der Waals surface area contributed by atoms with Crippen LogP contribution in [0.5, 0.6) is 5.75 Å². The van der Waals surface area contributed by atoms with E-state index >= 15 is 0 Å². The van der Waals surface area contributed by atoms with Crippen LogP contribution in [0.1, 0.15) is 0 Å². The van der Waals surface area contributed by atoms with Gasteiger partial charge in [0, 0.05) is 11.8 Å². The molecule has 4 nitrogen and oxygen atoms in total. The van der Waals surface area contributed by atoms with Crippen molar-refractivity contribution >= 4 is 11.6 Å². The van der Waals surface area contributed by atoms with Gasteiger partial charge in [-0.15, -0.1) is 0 Å². The first-order valence-corrected chi connectivity index (χ1v) is 4.01. The normalized spacial score (nSPS) is 9.64. The molecule has 1 rings (SSSR count). The van der Waals surface area contributed by atoms with E-state index in [0.717, 1.165) is 0 Å². The fraction of sp³-hybridized carbons (Fsp3) is 0.222. The molecule has 0 atom stereocenters. The van der Waals surface area contributed by atoms with Gasteiger partial charge in [0.1, 0.15) is 0 Å². The lowest BCUT2D eigenvalue weighted by Gasteiger charge is -2.05. The molecule has 0 saturated heterocycles. The van der Waals surface area contributed by atoms with Crippen LogP contribution >= 0.6 is 0 Å². The minimum Gasteiger partial charge on any atom is -0.494 e. The number of carbonyl (C=O) groups excluding carboxylic acids is 1. The molecular formula is C9H11FN2O2. The van der Waals surface area contributed by atoms with Gasteiger partial charge in [0.05, 0.1) is 13.7 Å². The van der Waals surface area contributed by atoms with Crippen LogP contribution in [0.3, 0.4) is 0 Å². The maximum absolute atomic E-state index is 13.1. The molecule has 0 heterocycles. The third kappa shape index (κ3) is 2.43. The second-order valence-corrected chi connectivity index (χ2v) is 2.60. The summed E-state index contributed by atoms with van der Waals surface area (Å²) in [6.45, 7) is -0.131. The molecule has 76 valence electrons. The maximum Gasteiger partial charge on any atom is 0.238 e. The number of ether oxygens (including phenoxy) is 1. The minimum atomic E-state index is -0.526. The molecular weight excluding hydrogens is 187 g/mol. The number of hydrogen-bond acceptors (Lipinski definition) is 3. The summed E-state index contributed by atoms with van der Waals surface area (Å²) < 4.78 is 17.8. The number of methoxy groups -OCH3 is 1. The smallest absolute Gasteiger partial charge is 0.238 e. The van der Waals surface area contributed by atoms with E-state index in [-0.39, 0.29) is 18.2 Å². The van der Waals surface area contributed by atoms with E-state index in [1.54, 1.807) is 0 Å². The van der Waals surface area contributed by atoms with Crippen LogP contribution in [0, 0.1) is 5.82 Å². The highest BCUT2D eigenvalue weighted by Gasteiger charge is 2.04. The zero-order valence-corrected chi connectivity index (χ0v) is 7.71. The highest BCUT2D eigenvalue weighted by molar-refractivity contribution is 5.92. The van der Waals surface area contributed by atoms with Crippen LogP contribution in [0.4, 0.5) is 10.1 Å². The van der Waals surface area contributed by atoms with Gasteiger partial charge in [-0.05, 0) is 12.1 Å². The molecule has 1 aromatic rings. The van der Waals surface area contributed by atoms with Crippen LogP contribution in [0.2, 0.25) is 0 Å². The van der Waals surface area contributed by atoms with Gasteiger partial charge >= 0.3 is 0 Å². The van der Waals surface area contributed by atoms with Gasteiger partial charge in [-0.1, -0.05) is 0 Å². The van der Waals surface area contributed by atoms with Crippen molar-refractivity contribution in [2.45, 2.75) is 0 Å². The summed E-state index contributed by atoms with van der Waals surface area (Å²) in [4.78, 5) is 10.9. The quantitative estimate of drug-likeness (QED) is 0.752. The number of nitrogens with one attached hydrogen (secondary N) is 1. The molecule has 0 aliphatic carbocycles. The Morgan fingerprint density at radius 3 is 2.86 bits per heavy atom. The predicted molar refractivity (Wildman–Crippen MR) is 50.6 cm³/mol. The van der Waals surface area contributed by atoms with E-state index < -0.39 is 5.82 Å². The van der Waals surface area contributed by atoms with Crippen LogP contribution in [0.25, 0.3) is 0 Å². The number of nitrogens with two attached hydrogens (primary N) is 1. The average Bonchev–Trinajstić information content (AvgIpc) is 2.18. The van der Waals surface area contributed by atoms with Gasteiger partial charge in [-0.25, -0.2) is 4.39 Å². The summed E-state index contributed by atoms with van der Waals surface area (Å²) >= 11 is 0. The molecule has 14 heavy (non-hydrogen) atoms. The van der Waals surface area contributed by atoms with Crippen molar-refractivity contribution in [3.63, 3.8) is 0 Å². The van der Waals surface area contributed by atoms with Crippen molar-refractivity contribution < 1.29 is 13.9 Å². The van der Waals surface area contributed by atoms with Gasteiger partial charge < -0.3 is 15.8 Å². The van der Waals surface area contributed by atoms with E-state index in [4.69, 9.17) is 10.5 Å². The molecule has 0 radical (unpaired) electrons. The summed E-state index contributed by atoms with van der Waals surface area (Å²) in [5, 5.41) is 2.42. The van der Waals surface area contributed by atoms with Gasteiger partial charge in [0.2, 0.25) is 5.91 Å². The minimum absolute atomic E-state index is 0.131. The number of rotatable bonds is 3. The van der Waals surface area contributed by atoms with E-state index in [1.807, 2.05) is 0 Å². The maximum atomic E-state index is 13.1. The number of halogens is 1. The molecule has 0 saturated carbocycles. The first-order chi connectivity index (χ1) is 6.67. The Bertz CT molecular complexity index is 342. The number of benzene rings is 1. The summed E-state index contributed by atoms with van der Waals surface area (Å²) in [7, 11) is 1.37. The van der Waals surface area contributed by atoms with E-state index in [0.29, 0.717) is 5.69 Å². The van der Waals surface area contributed by atoms with E-state index in [9.17, 15) is 9.18 Å². The first-order valence-electron chi connectivity index (χ1n) is 4.01. The van der Waals surface area contributed by atoms with Crippen LogP contribution in [0.15, 0.2) is 18.2 Å². The van der Waals surface area contributed by atoms with E-state index in [1.165, 1.54) is 25.3 Å². The van der Waals surface area contributed by atoms with Crippen molar-refractivity contribution in [2.75, 3.05) is 19.0 Å². The van der Waals surface area contributed by atoms with Gasteiger partial charge in [-0.3, -0.25) is 4.79 Å². The van der Waals surface area contributed by atoms with Gasteiger partial charge in [0.15, 0.2) is 11.6 Å². The number of hydrogen-bond donors (Lipinski definition) is 2. The molecule has 1 amide bonds. The van der Waals surface area contributed by atoms with Crippen LogP contribution < -0.4 is 15.8 Å². The van der Waals surface area contributed by atoms with Crippen molar-refractivity contribution in [1.29, 1.82) is 0 Å². The largest absolute Gasteiger partial charge is 0.494 e. The summed E-state index contributed by atoms with van der Waals surface area (Å²) in [6.07, 6.45) is 0. The number of amides is 1. The van der Waals surface area contributed by atoms with Gasteiger partial charge in [0.25, 0.3) is 0 Å². The fourth-order valence-electron chi connectivity index (χ4n) is 0.956. The van der Waals surface area contributed by atoms with Crippen molar-refractivity contribution in [3.05, 3.63) is 24.0 Å². The van der Waals surface area contributed by atoms with Crippen LogP contribution in [-0.4, -0.2) is 19.6 Å². The number of anilines is 1. The Morgan fingerprint density at radius 1 is 1.64 bits per heavy atom. The standard InChI is InChI=1S/C9H11FN2O2/c1-14-8-3-2-6(4-7(8)10)12-9(13)5-11/h2-4H,5,11H2,1H3,(H,12,13). The molecule has 3 N–H and O–H groups in total. The van der Waals surface area contributed by atoms with Crippen molar-refractivity contribution in [2.24, 2.45) is 5.73 Å². The number of carbonyl (C=O) groups is 1. The Morgan fingerprint density at radius 2 is 2.36 bits per heavy atom. The van der Waals surface area contributed by atoms with Crippen LogP contribution in [-0.2, 0) is 4.79 Å². The molecule has 5 heteroatoms. The topological polar surface area (TPSA) is 64.3 Å². The highest BCUT2D eigenvalue weighted by atomic mass is 19.1. The predicted octanol–water partition coefficient (Wildman–Crippen LogP) is 0.731. The zero-order valence-electron chi connectivity index (χ0n) is 7.71. The monoisotopic (exact) mass is 198 g/mol. The lowest BCUT2D eigenvalue weighted by atomic mass is 10.3. The lowest BCUT2D eigenvalue weighted by Crippen LogP contribution is -2.21. The Labute approximate surface area is 80.9 Å². The third-order valence-electron chi connectivity index (χ3n) is 1.62. The fourth-order valence-corrected chi connectivity index (χ4v) is 0.956. The molecule has 0 aliphatic heterocycles. The Balaban J connectivity index is 2.81. The molecule has 0 unspecified atom stereocenters. The zero-order chi connectivity index (χ0) is 10.6. The summed E-state index contributed by atoms with van der Waals surface area (Å²) in [6, 6.07) is 4.14. The molecule has 1 aromatic carbocycles. The Kier molecular flexibility index (Phi) is 3.41. The summed E-state index contributed by atoms with van der Waals surface area (Å²) in [5.41, 5.74) is 5.44. The SMILES string of the molecule is COc1ccc(NC(=O)CN)cc1F. The average molecular weight is 198 g/mol. The third-order valence-corrected chi connectivity index (χ3v) is 1.62. The first kappa shape index (κ1) is 10.5. The molecule has 0 fully saturated rings. The molecule has 0 aliphatic rings. The second kappa shape index (κ2) is 4.57. The Hall–Kier alpha value is -1.62. The van der Waals surface area contributed by atoms with Crippen molar-refractivity contribution in [3.8, 4) is 5.75 Å². The molecule has 0 spiro atoms. The highest BCUT2D eigenvalue weighted by Crippen LogP contribution is 2.20. The summed E-state index contributed by atoms with van der Waals surface area (Å²) in [5.74, 6) is -0.757. The molecule has 0 aromatic heterocycles. The van der Waals surface area contributed by atoms with E-state index in [2.05, 4.69) is 5.32 Å². The van der Waals surface area contributed by atoms with Gasteiger partial charge in [-0.2, -0.15) is 0 Å². The lowest BCUT2D eigenvalue weighted by molar-refractivity contribution is -0.114. The van der Waals surface area contributed by atoms with Crippen molar-refractivity contribution in [1.82, 2.24) is 0 Å². The molecule has 0 bridgehead atoms. The second-order valence-electron chi connectivity index (χ2n) is 2.60.